The summed E-state index contributed by atoms with van der Waals surface area (Å²) >= 11 is 0. The second-order valence-corrected chi connectivity index (χ2v) is 10.3. The van der Waals surface area contributed by atoms with Crippen LogP contribution in [0, 0.1) is 10.1 Å². The van der Waals surface area contributed by atoms with Gasteiger partial charge in [0.15, 0.2) is 0 Å². The Bertz CT molecular complexity index is 1500. The predicted molar refractivity (Wildman–Crippen MR) is 143 cm³/mol. The highest BCUT2D eigenvalue weighted by Crippen LogP contribution is 2.31. The van der Waals surface area contributed by atoms with Crippen molar-refractivity contribution in [3.63, 3.8) is 0 Å². The predicted octanol–water partition coefficient (Wildman–Crippen LogP) is 4.91. The first kappa shape index (κ1) is 24.5. The zero-order valence-electron chi connectivity index (χ0n) is 21.1. The lowest BCUT2D eigenvalue weighted by molar-refractivity contribution is -0.384. The average Bonchev–Trinajstić information content (AvgIpc) is 3.17. The van der Waals surface area contributed by atoms with E-state index in [9.17, 15) is 14.9 Å². The number of likely N-dealkylation sites (tertiary alicyclic amines) is 1. The molecule has 0 aliphatic carbocycles. The Hall–Kier alpha value is -4.18. The molecule has 0 amide bonds. The van der Waals surface area contributed by atoms with E-state index in [4.69, 9.17) is 10.5 Å². The molecule has 0 unspecified atom stereocenters. The maximum Gasteiger partial charge on any atom is 0.334 e. The second-order valence-electron chi connectivity index (χ2n) is 10.3. The number of nitro groups is 1. The SMILES string of the molecule is CC(C)(C)N1CCC[C@@H](n2c(=O)n(-c3ccc(Oc4ccc([N+](=O)[O-])cc4)cc3)c3c(N)nccc32)C1. The van der Waals surface area contributed by atoms with Gasteiger partial charge in [-0.05, 0) is 82.6 Å². The molecule has 2 aromatic heterocycles. The molecule has 1 aliphatic heterocycles. The highest BCUT2D eigenvalue weighted by molar-refractivity contribution is 5.87. The summed E-state index contributed by atoms with van der Waals surface area (Å²) in [7, 11) is 0. The average molecular weight is 503 g/mol. The molecule has 0 radical (unpaired) electrons. The van der Waals surface area contributed by atoms with Crippen molar-refractivity contribution in [3.05, 3.63) is 81.4 Å². The molecule has 1 atom stereocenters. The van der Waals surface area contributed by atoms with Gasteiger partial charge < -0.3 is 10.5 Å². The number of aromatic nitrogens is 3. The number of non-ortho nitro benzene ring substituents is 1. The monoisotopic (exact) mass is 502 g/mol. The van der Waals surface area contributed by atoms with Crippen molar-refractivity contribution in [1.82, 2.24) is 19.0 Å². The van der Waals surface area contributed by atoms with E-state index in [1.54, 1.807) is 47.2 Å². The third-order valence-corrected chi connectivity index (χ3v) is 6.90. The van der Waals surface area contributed by atoms with Crippen LogP contribution in [0.2, 0.25) is 0 Å². The first-order valence-corrected chi connectivity index (χ1v) is 12.3. The van der Waals surface area contributed by atoms with E-state index in [-0.39, 0.29) is 23.0 Å². The van der Waals surface area contributed by atoms with Gasteiger partial charge in [0.1, 0.15) is 22.8 Å². The number of nitro benzene ring substituents is 1. The summed E-state index contributed by atoms with van der Waals surface area (Å²) in [5, 5.41) is 10.9. The molecule has 192 valence electrons. The minimum absolute atomic E-state index is 0.00625. The van der Waals surface area contributed by atoms with Gasteiger partial charge in [-0.2, -0.15) is 0 Å². The number of fused-ring (bicyclic) bond motifs is 1. The van der Waals surface area contributed by atoms with Crippen LogP contribution in [0.1, 0.15) is 39.7 Å². The summed E-state index contributed by atoms with van der Waals surface area (Å²) < 4.78 is 9.31. The third-order valence-electron chi connectivity index (χ3n) is 6.90. The van der Waals surface area contributed by atoms with Crippen molar-refractivity contribution in [1.29, 1.82) is 0 Å². The van der Waals surface area contributed by atoms with Crippen LogP contribution in [-0.2, 0) is 0 Å². The normalized spacial score (nSPS) is 16.7. The van der Waals surface area contributed by atoms with E-state index >= 15 is 0 Å². The molecule has 5 rings (SSSR count). The van der Waals surface area contributed by atoms with Crippen LogP contribution in [0.3, 0.4) is 0 Å². The molecule has 2 N–H and O–H groups in total. The Labute approximate surface area is 214 Å². The van der Waals surface area contributed by atoms with Crippen molar-refractivity contribution < 1.29 is 9.66 Å². The highest BCUT2D eigenvalue weighted by Gasteiger charge is 2.31. The van der Waals surface area contributed by atoms with Crippen LogP contribution < -0.4 is 16.2 Å². The van der Waals surface area contributed by atoms with Gasteiger partial charge in [0.05, 0.1) is 22.2 Å². The summed E-state index contributed by atoms with van der Waals surface area (Å²) in [5.74, 6) is 1.30. The number of hydrogen-bond acceptors (Lipinski definition) is 7. The zero-order chi connectivity index (χ0) is 26.3. The number of rotatable bonds is 5. The van der Waals surface area contributed by atoms with Crippen molar-refractivity contribution >= 4 is 22.5 Å². The Morgan fingerprint density at radius 3 is 2.32 bits per heavy atom. The third kappa shape index (κ3) is 4.67. The number of piperidine rings is 1. The summed E-state index contributed by atoms with van der Waals surface area (Å²) in [5.41, 5.74) is 8.16. The van der Waals surface area contributed by atoms with E-state index in [0.29, 0.717) is 28.5 Å². The molecule has 2 aromatic carbocycles. The molecule has 4 aromatic rings. The Morgan fingerprint density at radius 2 is 1.70 bits per heavy atom. The zero-order valence-corrected chi connectivity index (χ0v) is 21.1. The van der Waals surface area contributed by atoms with Crippen LogP contribution >= 0.6 is 0 Å². The van der Waals surface area contributed by atoms with Crippen molar-refractivity contribution in [2.24, 2.45) is 0 Å². The molecule has 1 saturated heterocycles. The number of nitrogens with zero attached hydrogens (tertiary/aromatic N) is 5. The fraction of sp³-hybridized carbons (Fsp3) is 0.333. The number of nitrogens with two attached hydrogens (primary N) is 1. The first-order chi connectivity index (χ1) is 17.6. The maximum absolute atomic E-state index is 13.9. The van der Waals surface area contributed by atoms with Gasteiger partial charge in [0.25, 0.3) is 5.69 Å². The Balaban J connectivity index is 1.50. The van der Waals surface area contributed by atoms with Gasteiger partial charge in [-0.3, -0.25) is 24.1 Å². The van der Waals surface area contributed by atoms with E-state index in [1.165, 1.54) is 12.1 Å². The first-order valence-electron chi connectivity index (χ1n) is 12.3. The molecule has 10 nitrogen and oxygen atoms in total. The Kier molecular flexibility index (Phi) is 6.20. The lowest BCUT2D eigenvalue weighted by Crippen LogP contribution is -2.48. The van der Waals surface area contributed by atoms with Gasteiger partial charge in [-0.1, -0.05) is 0 Å². The smallest absolute Gasteiger partial charge is 0.334 e. The van der Waals surface area contributed by atoms with Gasteiger partial charge in [0.2, 0.25) is 0 Å². The number of benzene rings is 2. The largest absolute Gasteiger partial charge is 0.457 e. The number of anilines is 1. The summed E-state index contributed by atoms with van der Waals surface area (Å²) in [6, 6.07) is 14.8. The summed E-state index contributed by atoms with van der Waals surface area (Å²) in [6.45, 7) is 8.39. The molecule has 0 bridgehead atoms. The van der Waals surface area contributed by atoms with Gasteiger partial charge >= 0.3 is 5.69 Å². The molecule has 1 fully saturated rings. The van der Waals surface area contributed by atoms with Crippen molar-refractivity contribution in [3.8, 4) is 17.2 Å². The fourth-order valence-corrected chi connectivity index (χ4v) is 4.99. The molecular formula is C27H30N6O4. The van der Waals surface area contributed by atoms with Crippen molar-refractivity contribution in [2.45, 2.75) is 45.2 Å². The molecule has 1 aliphatic rings. The molecule has 37 heavy (non-hydrogen) atoms. The topological polar surface area (TPSA) is 121 Å². The van der Waals surface area contributed by atoms with E-state index in [0.717, 1.165) is 31.4 Å². The minimum Gasteiger partial charge on any atom is -0.457 e. The van der Waals surface area contributed by atoms with E-state index in [1.807, 2.05) is 10.6 Å². The molecular weight excluding hydrogens is 472 g/mol. The lowest BCUT2D eigenvalue weighted by atomic mass is 9.98. The van der Waals surface area contributed by atoms with E-state index < -0.39 is 4.92 Å². The molecule has 0 spiro atoms. The number of nitrogen functional groups attached to an aromatic ring is 1. The van der Waals surface area contributed by atoms with Crippen LogP contribution in [-0.4, -0.2) is 42.6 Å². The second kappa shape index (κ2) is 9.36. The number of hydrogen-bond donors (Lipinski definition) is 1. The number of imidazole rings is 1. The molecule has 0 saturated carbocycles. The fourth-order valence-electron chi connectivity index (χ4n) is 4.99. The minimum atomic E-state index is -0.457. The van der Waals surface area contributed by atoms with Crippen LogP contribution in [0.5, 0.6) is 11.5 Å². The molecule has 10 heteroatoms. The van der Waals surface area contributed by atoms with Crippen LogP contribution in [0.25, 0.3) is 16.7 Å². The van der Waals surface area contributed by atoms with Gasteiger partial charge in [-0.25, -0.2) is 9.78 Å². The van der Waals surface area contributed by atoms with Gasteiger partial charge in [0, 0.05) is 30.4 Å². The van der Waals surface area contributed by atoms with Crippen molar-refractivity contribution in [2.75, 3.05) is 18.8 Å². The number of ether oxygens (including phenoxy) is 1. The maximum atomic E-state index is 13.9. The van der Waals surface area contributed by atoms with Gasteiger partial charge in [-0.15, -0.1) is 0 Å². The highest BCUT2D eigenvalue weighted by atomic mass is 16.6. The van der Waals surface area contributed by atoms with E-state index in [2.05, 4.69) is 30.7 Å². The van der Waals surface area contributed by atoms with Crippen LogP contribution in [0.15, 0.2) is 65.6 Å². The lowest BCUT2D eigenvalue weighted by Gasteiger charge is -2.41. The number of pyridine rings is 1. The summed E-state index contributed by atoms with van der Waals surface area (Å²) in [6.07, 6.45) is 3.57. The Morgan fingerprint density at radius 1 is 1.05 bits per heavy atom. The summed E-state index contributed by atoms with van der Waals surface area (Å²) in [4.78, 5) is 31.0. The molecule has 3 heterocycles. The van der Waals surface area contributed by atoms with Crippen LogP contribution in [0.4, 0.5) is 11.5 Å². The standard InChI is InChI=1S/C27H30N6O4/c1-27(2,3)30-16-4-5-20(17-30)31-23-14-15-29-25(28)24(23)32(26(31)34)18-6-10-21(11-7-18)37-22-12-8-19(9-13-22)33(35)36/h6-15,20H,4-5,16-17H2,1-3H3,(H2,28,29)/t20-/m1/s1. The quantitative estimate of drug-likeness (QED) is 0.304.